The first kappa shape index (κ1) is 15.2. The molecule has 3 heteroatoms. The molecule has 1 saturated heterocycles. The van der Waals surface area contributed by atoms with Gasteiger partial charge in [0.15, 0.2) is 0 Å². The van der Waals surface area contributed by atoms with E-state index < -0.39 is 0 Å². The molecule has 0 spiro atoms. The van der Waals surface area contributed by atoms with E-state index in [1.807, 2.05) is 12.1 Å². The fourth-order valence-corrected chi connectivity index (χ4v) is 4.28. The third-order valence-electron chi connectivity index (χ3n) is 5.53. The monoisotopic (exact) mass is 318 g/mol. The van der Waals surface area contributed by atoms with Crippen molar-refractivity contribution >= 4 is 0 Å². The number of benzene rings is 2. The molecule has 0 saturated carbocycles. The van der Waals surface area contributed by atoms with E-state index in [0.717, 1.165) is 18.8 Å². The van der Waals surface area contributed by atoms with E-state index in [0.29, 0.717) is 18.4 Å². The lowest BCUT2D eigenvalue weighted by Crippen LogP contribution is -2.32. The average molecular weight is 318 g/mol. The molecule has 2 atom stereocenters. The number of nitrogens with zero attached hydrogens (tertiary/aromatic N) is 2. The maximum Gasteiger partial charge on any atom is 0.118 e. The topological polar surface area (TPSA) is 36.3 Å². The van der Waals surface area contributed by atoms with E-state index in [9.17, 15) is 0 Å². The van der Waals surface area contributed by atoms with E-state index in [2.05, 4.69) is 41.3 Å². The molecule has 24 heavy (non-hydrogen) atoms. The Bertz CT molecular complexity index is 775. The van der Waals surface area contributed by atoms with Crippen LogP contribution in [0.3, 0.4) is 0 Å². The second-order valence-electron chi connectivity index (χ2n) is 6.75. The Labute approximate surface area is 143 Å². The normalized spacial score (nSPS) is 22.0. The lowest BCUT2D eigenvalue weighted by molar-refractivity contribution is 0.156. The van der Waals surface area contributed by atoms with Gasteiger partial charge in [-0.1, -0.05) is 24.3 Å². The summed E-state index contributed by atoms with van der Waals surface area (Å²) < 4.78 is 5.25. The molecule has 0 N–H and O–H groups in total. The zero-order chi connectivity index (χ0) is 16.5. The number of ether oxygens (including phenoxy) is 1. The smallest absolute Gasteiger partial charge is 0.118 e. The van der Waals surface area contributed by atoms with Crippen molar-refractivity contribution in [2.24, 2.45) is 0 Å². The lowest BCUT2D eigenvalue weighted by atomic mass is 9.95. The number of hydrogen-bond donors (Lipinski definition) is 0. The van der Waals surface area contributed by atoms with E-state index in [4.69, 9.17) is 10.00 Å². The van der Waals surface area contributed by atoms with Crippen LogP contribution in [-0.4, -0.2) is 25.1 Å². The van der Waals surface area contributed by atoms with Crippen molar-refractivity contribution in [3.8, 4) is 22.9 Å². The van der Waals surface area contributed by atoms with Crippen LogP contribution in [0.15, 0.2) is 42.5 Å². The summed E-state index contributed by atoms with van der Waals surface area (Å²) in [4.78, 5) is 2.50. The second kappa shape index (κ2) is 6.30. The predicted octanol–water partition coefficient (Wildman–Crippen LogP) is 4.51. The highest BCUT2D eigenvalue weighted by atomic mass is 16.5. The van der Waals surface area contributed by atoms with E-state index >= 15 is 0 Å². The van der Waals surface area contributed by atoms with Crippen molar-refractivity contribution in [1.29, 1.82) is 5.26 Å². The number of piperidine rings is 1. The predicted molar refractivity (Wildman–Crippen MR) is 94.9 cm³/mol. The van der Waals surface area contributed by atoms with Crippen LogP contribution >= 0.6 is 0 Å². The molecular formula is C21H22N2O. The molecule has 0 radical (unpaired) electrons. The van der Waals surface area contributed by atoms with Gasteiger partial charge in [-0.3, -0.25) is 4.90 Å². The fraction of sp³-hybridized carbons (Fsp3) is 0.381. The van der Waals surface area contributed by atoms with Gasteiger partial charge in [0.1, 0.15) is 5.75 Å². The van der Waals surface area contributed by atoms with Crippen molar-refractivity contribution in [2.45, 2.75) is 31.2 Å². The summed E-state index contributed by atoms with van der Waals surface area (Å²) in [5.74, 6) is 1.59. The second-order valence-corrected chi connectivity index (χ2v) is 6.75. The van der Waals surface area contributed by atoms with Crippen LogP contribution in [0.5, 0.6) is 5.75 Å². The van der Waals surface area contributed by atoms with Gasteiger partial charge in [0, 0.05) is 19.0 Å². The minimum absolute atomic E-state index is 0.491. The highest BCUT2D eigenvalue weighted by molar-refractivity contribution is 5.66. The SMILES string of the molecule is COc1ccc(-c2ccc3c(c2)C2C[C@H]3CCN2CCC#N)cc1. The summed E-state index contributed by atoms with van der Waals surface area (Å²) in [7, 11) is 1.69. The lowest BCUT2D eigenvalue weighted by Gasteiger charge is -2.33. The first-order chi connectivity index (χ1) is 11.8. The van der Waals surface area contributed by atoms with E-state index in [-0.39, 0.29) is 0 Å². The summed E-state index contributed by atoms with van der Waals surface area (Å²) in [5, 5.41) is 8.91. The molecule has 2 aromatic carbocycles. The molecule has 0 aromatic heterocycles. The molecular weight excluding hydrogens is 296 g/mol. The molecule has 2 aromatic rings. The molecule has 122 valence electrons. The molecule has 1 heterocycles. The Morgan fingerprint density at radius 1 is 1.12 bits per heavy atom. The molecule has 1 aliphatic carbocycles. The summed E-state index contributed by atoms with van der Waals surface area (Å²) >= 11 is 0. The fourth-order valence-electron chi connectivity index (χ4n) is 4.28. The quantitative estimate of drug-likeness (QED) is 0.832. The van der Waals surface area contributed by atoms with Crippen LogP contribution in [0.1, 0.15) is 42.3 Å². The van der Waals surface area contributed by atoms with Crippen molar-refractivity contribution in [3.63, 3.8) is 0 Å². The highest BCUT2D eigenvalue weighted by Crippen LogP contribution is 2.49. The van der Waals surface area contributed by atoms with Crippen molar-refractivity contribution < 1.29 is 4.74 Å². The molecule has 1 unspecified atom stereocenters. The Balaban J connectivity index is 1.66. The minimum Gasteiger partial charge on any atom is -0.497 e. The highest BCUT2D eigenvalue weighted by Gasteiger charge is 2.38. The number of nitriles is 1. The number of fused-ring (bicyclic) bond motifs is 5. The maximum atomic E-state index is 8.91. The van der Waals surface area contributed by atoms with Gasteiger partial charge in [0.25, 0.3) is 0 Å². The van der Waals surface area contributed by atoms with Crippen molar-refractivity contribution in [3.05, 3.63) is 53.6 Å². The number of rotatable bonds is 4. The van der Waals surface area contributed by atoms with Crippen LogP contribution in [-0.2, 0) is 0 Å². The van der Waals surface area contributed by atoms with Gasteiger partial charge >= 0.3 is 0 Å². The van der Waals surface area contributed by atoms with Crippen molar-refractivity contribution in [2.75, 3.05) is 20.2 Å². The zero-order valence-corrected chi connectivity index (χ0v) is 14.0. The van der Waals surface area contributed by atoms with Gasteiger partial charge < -0.3 is 4.74 Å². The number of hydrogen-bond acceptors (Lipinski definition) is 3. The third kappa shape index (κ3) is 2.57. The van der Waals surface area contributed by atoms with Crippen LogP contribution in [0, 0.1) is 11.3 Å². The molecule has 1 fully saturated rings. The molecule has 3 nitrogen and oxygen atoms in total. The third-order valence-corrected chi connectivity index (χ3v) is 5.53. The Hall–Kier alpha value is -2.31. The van der Waals surface area contributed by atoms with Crippen LogP contribution < -0.4 is 4.74 Å². The standard InChI is InChI=1S/C21H22N2O/c1-24-18-6-3-15(4-7-18)16-5-8-19-17-9-12-23(11-2-10-22)21(14-17)20(19)13-16/h3-8,13,17,21H,2,9,11-12,14H2,1H3/t17-,21?/m1/s1. The van der Waals surface area contributed by atoms with E-state index in [1.54, 1.807) is 7.11 Å². The van der Waals surface area contributed by atoms with Crippen LogP contribution in [0.2, 0.25) is 0 Å². The zero-order valence-electron chi connectivity index (χ0n) is 14.0. The summed E-state index contributed by atoms with van der Waals surface area (Å²) in [6.07, 6.45) is 3.05. The summed E-state index contributed by atoms with van der Waals surface area (Å²) in [6, 6.07) is 18.0. The Morgan fingerprint density at radius 3 is 2.67 bits per heavy atom. The number of methoxy groups -OCH3 is 1. The summed E-state index contributed by atoms with van der Waals surface area (Å²) in [5.41, 5.74) is 5.49. The summed E-state index contributed by atoms with van der Waals surface area (Å²) in [6.45, 7) is 2.00. The number of likely N-dealkylation sites (tertiary alicyclic amines) is 1. The van der Waals surface area contributed by atoms with E-state index in [1.165, 1.54) is 35.1 Å². The molecule has 2 bridgehead atoms. The first-order valence-corrected chi connectivity index (χ1v) is 8.69. The first-order valence-electron chi connectivity index (χ1n) is 8.69. The van der Waals surface area contributed by atoms with Gasteiger partial charge in [-0.25, -0.2) is 0 Å². The molecule has 1 aliphatic heterocycles. The van der Waals surface area contributed by atoms with Crippen LogP contribution in [0.4, 0.5) is 0 Å². The van der Waals surface area contributed by atoms with Gasteiger partial charge in [-0.2, -0.15) is 5.26 Å². The molecule has 4 rings (SSSR count). The van der Waals surface area contributed by atoms with Gasteiger partial charge in [-0.05, 0) is 65.8 Å². The van der Waals surface area contributed by atoms with Gasteiger partial charge in [0.05, 0.1) is 13.2 Å². The Kier molecular flexibility index (Phi) is 4.00. The largest absolute Gasteiger partial charge is 0.497 e. The molecule has 2 aliphatic rings. The minimum atomic E-state index is 0.491. The van der Waals surface area contributed by atoms with Crippen LogP contribution in [0.25, 0.3) is 11.1 Å². The van der Waals surface area contributed by atoms with Crippen molar-refractivity contribution in [1.82, 2.24) is 4.90 Å². The maximum absolute atomic E-state index is 8.91. The average Bonchev–Trinajstić information content (AvgIpc) is 2.94. The Morgan fingerprint density at radius 2 is 1.92 bits per heavy atom. The van der Waals surface area contributed by atoms with Gasteiger partial charge in [0.2, 0.25) is 0 Å². The van der Waals surface area contributed by atoms with Gasteiger partial charge in [-0.15, -0.1) is 0 Å². The molecule has 0 amide bonds.